The number of hydrogen-bond donors (Lipinski definition) is 1. The Kier molecular flexibility index (Phi) is 8.85. The fraction of sp³-hybridized carbons (Fsp3) is 0.545. The van der Waals surface area contributed by atoms with Crippen LogP contribution in [0.1, 0.15) is 44.6 Å². The summed E-state index contributed by atoms with van der Waals surface area (Å²) in [7, 11) is 3.20. The topological polar surface area (TPSA) is 67.9 Å². The van der Waals surface area contributed by atoms with Gasteiger partial charge in [-0.3, -0.25) is 9.59 Å². The predicted octanol–water partition coefficient (Wildman–Crippen LogP) is 3.10. The first kappa shape index (κ1) is 21.8. The number of carbonyl (C=O) groups is 2. The normalized spacial score (nSPS) is 13.5. The summed E-state index contributed by atoms with van der Waals surface area (Å²) < 4.78 is 10.5. The molecular formula is C22H32N2O4. The van der Waals surface area contributed by atoms with E-state index in [2.05, 4.69) is 11.4 Å². The highest BCUT2D eigenvalue weighted by atomic mass is 16.5. The van der Waals surface area contributed by atoms with E-state index in [4.69, 9.17) is 9.47 Å². The Morgan fingerprint density at radius 2 is 1.89 bits per heavy atom. The van der Waals surface area contributed by atoms with Crippen molar-refractivity contribution in [1.29, 1.82) is 0 Å². The molecule has 1 aliphatic carbocycles. The summed E-state index contributed by atoms with van der Waals surface area (Å²) in [6.07, 6.45) is 8.54. The van der Waals surface area contributed by atoms with Crippen molar-refractivity contribution in [3.63, 3.8) is 0 Å². The molecule has 0 saturated carbocycles. The molecule has 0 saturated heterocycles. The van der Waals surface area contributed by atoms with Gasteiger partial charge >= 0.3 is 0 Å². The lowest BCUT2D eigenvalue weighted by Crippen LogP contribution is -2.40. The van der Waals surface area contributed by atoms with Crippen LogP contribution in [0.3, 0.4) is 0 Å². The van der Waals surface area contributed by atoms with Crippen LogP contribution in [0, 0.1) is 0 Å². The van der Waals surface area contributed by atoms with Crippen LogP contribution >= 0.6 is 0 Å². The Balaban J connectivity index is 1.77. The average molecular weight is 389 g/mol. The van der Waals surface area contributed by atoms with E-state index >= 15 is 0 Å². The minimum Gasteiger partial charge on any atom is -0.493 e. The van der Waals surface area contributed by atoms with Crippen LogP contribution in [0.4, 0.5) is 0 Å². The van der Waals surface area contributed by atoms with Gasteiger partial charge in [0.1, 0.15) is 0 Å². The number of carbonyl (C=O) groups excluding carboxylic acids is 2. The van der Waals surface area contributed by atoms with E-state index in [9.17, 15) is 9.59 Å². The van der Waals surface area contributed by atoms with Crippen molar-refractivity contribution in [3.05, 3.63) is 35.4 Å². The number of hydrogen-bond acceptors (Lipinski definition) is 4. The van der Waals surface area contributed by atoms with Gasteiger partial charge < -0.3 is 19.7 Å². The molecule has 0 unspecified atom stereocenters. The van der Waals surface area contributed by atoms with Crippen LogP contribution in [0.2, 0.25) is 0 Å². The first-order chi connectivity index (χ1) is 13.5. The van der Waals surface area contributed by atoms with E-state index in [1.54, 1.807) is 19.1 Å². The molecule has 28 heavy (non-hydrogen) atoms. The Morgan fingerprint density at radius 3 is 2.54 bits per heavy atom. The summed E-state index contributed by atoms with van der Waals surface area (Å²) in [6.45, 7) is 2.73. The molecule has 0 fully saturated rings. The third kappa shape index (κ3) is 6.91. The lowest BCUT2D eigenvalue weighted by Gasteiger charge is -2.22. The molecule has 0 bridgehead atoms. The number of nitrogens with zero attached hydrogens (tertiary/aromatic N) is 1. The summed E-state index contributed by atoms with van der Waals surface area (Å²) in [5.74, 6) is 1.16. The molecule has 2 rings (SSSR count). The van der Waals surface area contributed by atoms with Gasteiger partial charge in [-0.2, -0.15) is 0 Å². The van der Waals surface area contributed by atoms with E-state index in [1.807, 2.05) is 18.2 Å². The second-order valence-electron chi connectivity index (χ2n) is 7.09. The SMILES string of the molecule is COc1ccc(CCNC(=O)CN(CCC2=CCCCC2)C(C)=O)cc1OC. The van der Waals surface area contributed by atoms with Crippen molar-refractivity contribution in [3.8, 4) is 11.5 Å². The fourth-order valence-corrected chi connectivity index (χ4v) is 3.37. The zero-order valence-corrected chi connectivity index (χ0v) is 17.3. The lowest BCUT2D eigenvalue weighted by atomic mass is 9.97. The van der Waals surface area contributed by atoms with Crippen LogP contribution < -0.4 is 14.8 Å². The molecule has 0 atom stereocenters. The van der Waals surface area contributed by atoms with Crippen molar-refractivity contribution in [2.45, 2.75) is 45.4 Å². The molecular weight excluding hydrogens is 356 g/mol. The number of nitrogens with one attached hydrogen (secondary N) is 1. The Morgan fingerprint density at radius 1 is 1.11 bits per heavy atom. The average Bonchev–Trinajstić information content (AvgIpc) is 2.71. The molecule has 1 aliphatic rings. The van der Waals surface area contributed by atoms with Crippen molar-refractivity contribution in [2.75, 3.05) is 33.9 Å². The lowest BCUT2D eigenvalue weighted by molar-refractivity contribution is -0.134. The minimum absolute atomic E-state index is 0.0635. The number of ether oxygens (including phenoxy) is 2. The fourth-order valence-electron chi connectivity index (χ4n) is 3.37. The van der Waals surface area contributed by atoms with Gasteiger partial charge in [-0.25, -0.2) is 0 Å². The molecule has 1 aromatic carbocycles. The molecule has 2 amide bonds. The van der Waals surface area contributed by atoms with Gasteiger partial charge in [0, 0.05) is 20.0 Å². The quantitative estimate of drug-likeness (QED) is 0.626. The van der Waals surface area contributed by atoms with Crippen LogP contribution in [0.5, 0.6) is 11.5 Å². The largest absolute Gasteiger partial charge is 0.493 e. The maximum atomic E-state index is 12.3. The van der Waals surface area contributed by atoms with Crippen molar-refractivity contribution >= 4 is 11.8 Å². The van der Waals surface area contributed by atoms with E-state index in [0.29, 0.717) is 31.0 Å². The molecule has 0 radical (unpaired) electrons. The van der Waals surface area contributed by atoms with Crippen molar-refractivity contribution in [1.82, 2.24) is 10.2 Å². The van der Waals surface area contributed by atoms with E-state index in [0.717, 1.165) is 24.8 Å². The van der Waals surface area contributed by atoms with E-state index in [-0.39, 0.29) is 18.4 Å². The van der Waals surface area contributed by atoms with Crippen LogP contribution in [-0.2, 0) is 16.0 Å². The number of allylic oxidation sites excluding steroid dienone is 1. The molecule has 1 aromatic rings. The van der Waals surface area contributed by atoms with Gasteiger partial charge in [0.05, 0.1) is 20.8 Å². The summed E-state index contributed by atoms with van der Waals surface area (Å²) in [5.41, 5.74) is 2.46. The van der Waals surface area contributed by atoms with Crippen LogP contribution in [0.25, 0.3) is 0 Å². The molecule has 154 valence electrons. The Hall–Kier alpha value is -2.50. The Labute approximate surface area is 167 Å². The standard InChI is InChI=1S/C22H32N2O4/c1-17(25)24(14-12-18-7-5-4-6-8-18)16-22(26)23-13-11-19-9-10-20(27-2)21(15-19)28-3/h7,9-10,15H,4-6,8,11-14,16H2,1-3H3,(H,23,26). The van der Waals surface area contributed by atoms with E-state index in [1.165, 1.54) is 25.3 Å². The first-order valence-electron chi connectivity index (χ1n) is 9.94. The maximum absolute atomic E-state index is 12.3. The molecule has 0 heterocycles. The Bertz CT molecular complexity index is 700. The highest BCUT2D eigenvalue weighted by Gasteiger charge is 2.14. The third-order valence-corrected chi connectivity index (χ3v) is 5.05. The molecule has 0 aliphatic heterocycles. The smallest absolute Gasteiger partial charge is 0.239 e. The van der Waals surface area contributed by atoms with Crippen LogP contribution in [0.15, 0.2) is 29.8 Å². The second kappa shape index (κ2) is 11.4. The highest BCUT2D eigenvalue weighted by molar-refractivity contribution is 5.83. The summed E-state index contributed by atoms with van der Waals surface area (Å²) in [6, 6.07) is 5.71. The van der Waals surface area contributed by atoms with Gasteiger partial charge in [0.2, 0.25) is 11.8 Å². The highest BCUT2D eigenvalue weighted by Crippen LogP contribution is 2.27. The number of benzene rings is 1. The second-order valence-corrected chi connectivity index (χ2v) is 7.09. The zero-order valence-electron chi connectivity index (χ0n) is 17.3. The van der Waals surface area contributed by atoms with Gasteiger partial charge in [-0.1, -0.05) is 17.7 Å². The molecule has 6 heteroatoms. The summed E-state index contributed by atoms with van der Waals surface area (Å²) >= 11 is 0. The third-order valence-electron chi connectivity index (χ3n) is 5.05. The molecule has 1 N–H and O–H groups in total. The maximum Gasteiger partial charge on any atom is 0.239 e. The van der Waals surface area contributed by atoms with Gasteiger partial charge in [-0.05, 0) is 56.2 Å². The predicted molar refractivity (Wildman–Crippen MR) is 110 cm³/mol. The van der Waals surface area contributed by atoms with Crippen molar-refractivity contribution in [2.24, 2.45) is 0 Å². The monoisotopic (exact) mass is 388 g/mol. The van der Waals surface area contributed by atoms with E-state index < -0.39 is 0 Å². The minimum atomic E-state index is -0.131. The summed E-state index contributed by atoms with van der Waals surface area (Å²) in [4.78, 5) is 25.8. The molecule has 0 spiro atoms. The van der Waals surface area contributed by atoms with Crippen molar-refractivity contribution < 1.29 is 19.1 Å². The van der Waals surface area contributed by atoms with Gasteiger partial charge in [0.25, 0.3) is 0 Å². The first-order valence-corrected chi connectivity index (χ1v) is 9.94. The van der Waals surface area contributed by atoms with Crippen LogP contribution in [-0.4, -0.2) is 50.6 Å². The van der Waals surface area contributed by atoms with Gasteiger partial charge in [-0.15, -0.1) is 0 Å². The molecule has 0 aromatic heterocycles. The molecule has 6 nitrogen and oxygen atoms in total. The number of methoxy groups -OCH3 is 2. The number of amides is 2. The zero-order chi connectivity index (χ0) is 20.4. The number of rotatable bonds is 10. The summed E-state index contributed by atoms with van der Waals surface area (Å²) in [5, 5.41) is 2.90. The van der Waals surface area contributed by atoms with Gasteiger partial charge in [0.15, 0.2) is 11.5 Å².